The number of phenolic OH excluding ortho intramolecular Hbond substituents is 1. The van der Waals surface area contributed by atoms with Crippen LogP contribution in [0.1, 0.15) is 131 Å². The lowest BCUT2D eigenvalue weighted by Gasteiger charge is -2.56. The molecule has 0 spiro atoms. The van der Waals surface area contributed by atoms with E-state index < -0.39 is 34.1 Å². The molecule has 0 amide bonds. The zero-order valence-corrected chi connectivity index (χ0v) is 26.0. The number of rotatable bonds is 8. The molecule has 1 aliphatic heterocycles. The van der Waals surface area contributed by atoms with Gasteiger partial charge in [0.05, 0.1) is 0 Å². The molecule has 3 N–H and O–H groups in total. The normalized spacial score (nSPS) is 19.8. The summed E-state index contributed by atoms with van der Waals surface area (Å²) in [5, 5.41) is 32.9. The van der Waals surface area contributed by atoms with Crippen molar-refractivity contribution in [2.24, 2.45) is 11.3 Å². The fraction of sp³-hybridized carbons (Fsp3) is 0.750. The maximum Gasteiger partial charge on any atom is 0.321 e. The Hall–Kier alpha value is -2.08. The largest absolute Gasteiger partial charge is 0.507 e. The van der Waals surface area contributed by atoms with Gasteiger partial charge in [-0.2, -0.15) is 0 Å². The number of piperidine rings is 1. The topological polar surface area (TPSA) is 98.1 Å². The summed E-state index contributed by atoms with van der Waals surface area (Å²) in [4.78, 5) is 28.7. The van der Waals surface area contributed by atoms with Crippen LogP contribution in [-0.4, -0.2) is 50.3 Å². The van der Waals surface area contributed by atoms with Crippen LogP contribution in [0.2, 0.25) is 0 Å². The van der Waals surface area contributed by atoms with Crippen molar-refractivity contribution < 1.29 is 24.9 Å². The quantitative estimate of drug-likeness (QED) is 0.304. The number of aliphatic carboxylic acids is 2. The number of carboxylic acids is 2. The van der Waals surface area contributed by atoms with Crippen molar-refractivity contribution in [2.75, 3.05) is 7.05 Å². The van der Waals surface area contributed by atoms with Crippen molar-refractivity contribution in [3.8, 4) is 5.75 Å². The van der Waals surface area contributed by atoms with Crippen LogP contribution >= 0.6 is 0 Å². The number of carbonyl (C=O) groups is 2. The zero-order valence-electron chi connectivity index (χ0n) is 26.0. The fourth-order valence-corrected chi connectivity index (χ4v) is 6.81. The number of hydrogen-bond donors (Lipinski definition) is 3. The van der Waals surface area contributed by atoms with Crippen LogP contribution in [0.25, 0.3) is 0 Å². The molecule has 0 aliphatic carbocycles. The van der Waals surface area contributed by atoms with Gasteiger partial charge in [0.25, 0.3) is 0 Å². The summed E-state index contributed by atoms with van der Waals surface area (Å²) in [6, 6.07) is 3.81. The molecule has 1 aromatic carbocycles. The second-order valence-corrected chi connectivity index (χ2v) is 15.0. The first kappa shape index (κ1) is 32.1. The molecule has 6 heteroatoms. The third-order valence-electron chi connectivity index (χ3n) is 9.14. The smallest absolute Gasteiger partial charge is 0.321 e. The summed E-state index contributed by atoms with van der Waals surface area (Å²) in [5.41, 5.74) is -1.19. The number of unbranched alkanes of at least 4 members (excludes halogenated alkanes) is 1. The van der Waals surface area contributed by atoms with Crippen LogP contribution in [0, 0.1) is 11.3 Å². The summed E-state index contributed by atoms with van der Waals surface area (Å²) >= 11 is 0. The third-order valence-corrected chi connectivity index (χ3v) is 9.14. The maximum absolute atomic E-state index is 13.2. The third kappa shape index (κ3) is 5.90. The highest BCUT2D eigenvalue weighted by molar-refractivity contribution is 5.99. The average molecular weight is 532 g/mol. The minimum atomic E-state index is -1.98. The van der Waals surface area contributed by atoms with E-state index in [1.165, 1.54) is 0 Å². The van der Waals surface area contributed by atoms with E-state index in [0.717, 1.165) is 11.1 Å². The van der Waals surface area contributed by atoms with Gasteiger partial charge in [0.2, 0.25) is 0 Å². The fourth-order valence-electron chi connectivity index (χ4n) is 6.81. The Morgan fingerprint density at radius 2 is 1.32 bits per heavy atom. The highest BCUT2D eigenvalue weighted by Gasteiger charge is 2.58. The molecule has 1 aliphatic rings. The first-order valence-corrected chi connectivity index (χ1v) is 14.1. The van der Waals surface area contributed by atoms with E-state index >= 15 is 0 Å². The lowest BCUT2D eigenvalue weighted by molar-refractivity contribution is -0.171. The van der Waals surface area contributed by atoms with Gasteiger partial charge in [0, 0.05) is 17.0 Å². The summed E-state index contributed by atoms with van der Waals surface area (Å²) in [5.74, 6) is -3.30. The lowest BCUT2D eigenvalue weighted by atomic mass is 9.57. The SMILES string of the molecule is CCCCC(C(=O)O)(C(=O)O)C(c1cc(C(C)(C)C)c(O)c(C(C)(C)C)c1)C1CC(C)(C)N(C)C(C)(C)C1. The van der Waals surface area contributed by atoms with Crippen LogP contribution in [0.5, 0.6) is 5.75 Å². The summed E-state index contributed by atoms with van der Waals surface area (Å²) < 4.78 is 0. The Kier molecular flexibility index (Phi) is 8.86. The van der Waals surface area contributed by atoms with Crippen molar-refractivity contribution in [3.63, 3.8) is 0 Å². The minimum Gasteiger partial charge on any atom is -0.507 e. The first-order valence-electron chi connectivity index (χ1n) is 14.1. The molecule has 2 rings (SSSR count). The monoisotopic (exact) mass is 531 g/mol. The van der Waals surface area contributed by atoms with Crippen molar-refractivity contribution in [3.05, 3.63) is 28.8 Å². The van der Waals surface area contributed by atoms with Crippen molar-refractivity contribution >= 4 is 11.9 Å². The molecule has 6 nitrogen and oxygen atoms in total. The van der Waals surface area contributed by atoms with Crippen LogP contribution in [0.15, 0.2) is 12.1 Å². The van der Waals surface area contributed by atoms with E-state index in [4.69, 9.17) is 0 Å². The molecular weight excluding hydrogens is 478 g/mol. The number of nitrogens with zero attached hydrogens (tertiary/aromatic N) is 1. The Labute approximate surface area is 230 Å². The molecule has 0 bridgehead atoms. The Bertz CT molecular complexity index is 974. The number of aromatic hydroxyl groups is 1. The van der Waals surface area contributed by atoms with Crippen molar-refractivity contribution in [1.29, 1.82) is 0 Å². The molecule has 1 saturated heterocycles. The van der Waals surface area contributed by atoms with Gasteiger partial charge in [0.15, 0.2) is 5.41 Å². The van der Waals surface area contributed by atoms with Crippen LogP contribution in [-0.2, 0) is 20.4 Å². The van der Waals surface area contributed by atoms with Gasteiger partial charge in [-0.15, -0.1) is 0 Å². The van der Waals surface area contributed by atoms with E-state index in [1.54, 1.807) is 0 Å². The standard InChI is InChI=1S/C32H53NO5/c1-13-14-15-32(26(35)36,27(37)38)24(21-18-30(8,9)33(12)31(10,11)19-21)20-16-22(28(2,3)4)25(34)23(17-20)29(5,6)7/h16-17,21,24,34H,13-15,18-19H2,1-12H3,(H,35,36)(H,37,38). The molecular formula is C32H53NO5. The molecule has 216 valence electrons. The second kappa shape index (κ2) is 10.5. The van der Waals surface area contributed by atoms with Crippen LogP contribution in [0.3, 0.4) is 0 Å². The van der Waals surface area contributed by atoms with Gasteiger partial charge < -0.3 is 15.3 Å². The molecule has 0 saturated carbocycles. The molecule has 1 heterocycles. The van der Waals surface area contributed by atoms with Gasteiger partial charge in [-0.05, 0) is 87.4 Å². The Morgan fingerprint density at radius 1 is 0.921 bits per heavy atom. The van der Waals surface area contributed by atoms with Gasteiger partial charge in [0.1, 0.15) is 5.75 Å². The molecule has 0 radical (unpaired) electrons. The van der Waals surface area contributed by atoms with E-state index in [9.17, 15) is 24.9 Å². The summed E-state index contributed by atoms with van der Waals surface area (Å²) in [6.45, 7) is 22.7. The Morgan fingerprint density at radius 3 is 1.63 bits per heavy atom. The highest BCUT2D eigenvalue weighted by atomic mass is 16.4. The van der Waals surface area contributed by atoms with E-state index in [0.29, 0.717) is 31.2 Å². The average Bonchev–Trinajstić information content (AvgIpc) is 2.72. The van der Waals surface area contributed by atoms with E-state index in [-0.39, 0.29) is 29.2 Å². The Balaban J connectivity index is 3.06. The van der Waals surface area contributed by atoms with E-state index in [2.05, 4.69) is 39.6 Å². The zero-order chi connectivity index (χ0) is 29.6. The highest BCUT2D eigenvalue weighted by Crippen LogP contribution is 2.55. The number of likely N-dealkylation sites (tertiary alicyclic amines) is 1. The van der Waals surface area contributed by atoms with Gasteiger partial charge in [-0.3, -0.25) is 14.5 Å². The van der Waals surface area contributed by atoms with Crippen LogP contribution in [0.4, 0.5) is 0 Å². The molecule has 1 atom stereocenters. The predicted octanol–water partition coefficient (Wildman–Crippen LogP) is 7.32. The summed E-state index contributed by atoms with van der Waals surface area (Å²) in [7, 11) is 2.10. The van der Waals surface area contributed by atoms with Gasteiger partial charge >= 0.3 is 11.9 Å². The second-order valence-electron chi connectivity index (χ2n) is 15.0. The van der Waals surface area contributed by atoms with Gasteiger partial charge in [-0.1, -0.05) is 73.4 Å². The first-order chi connectivity index (χ1) is 17.0. The van der Waals surface area contributed by atoms with Gasteiger partial charge in [-0.25, -0.2) is 0 Å². The predicted molar refractivity (Wildman–Crippen MR) is 154 cm³/mol. The minimum absolute atomic E-state index is 0.0581. The van der Waals surface area contributed by atoms with Crippen LogP contribution < -0.4 is 0 Å². The summed E-state index contributed by atoms with van der Waals surface area (Å²) in [6.07, 6.45) is 2.61. The van der Waals surface area contributed by atoms with Crippen molar-refractivity contribution in [1.82, 2.24) is 4.90 Å². The number of benzene rings is 1. The van der Waals surface area contributed by atoms with Crippen molar-refractivity contribution in [2.45, 2.75) is 136 Å². The number of carboxylic acid groups (broad SMARTS) is 2. The maximum atomic E-state index is 13.2. The molecule has 1 aromatic rings. The number of hydrogen-bond acceptors (Lipinski definition) is 4. The molecule has 38 heavy (non-hydrogen) atoms. The van der Waals surface area contributed by atoms with E-state index in [1.807, 2.05) is 60.6 Å². The molecule has 1 unspecified atom stereocenters. The number of phenols is 1. The molecule has 1 fully saturated rings. The lowest BCUT2D eigenvalue weighted by Crippen LogP contribution is -2.61. The molecule has 0 aromatic heterocycles.